The average molecular weight is 397 g/mol. The fraction of sp³-hybridized carbons (Fsp3) is 0.333. The van der Waals surface area contributed by atoms with Gasteiger partial charge >= 0.3 is 0 Å². The summed E-state index contributed by atoms with van der Waals surface area (Å²) in [6, 6.07) is 14.2. The SMILES string of the molecule is CCCNC(Cc1ccc(I)cc1)c1ccc(C)c(F)c1. The van der Waals surface area contributed by atoms with Gasteiger partial charge in [-0.25, -0.2) is 4.39 Å². The smallest absolute Gasteiger partial charge is 0.126 e. The minimum Gasteiger partial charge on any atom is -0.310 e. The Kier molecular flexibility index (Phi) is 6.18. The van der Waals surface area contributed by atoms with Crippen molar-refractivity contribution in [2.45, 2.75) is 32.7 Å². The minimum atomic E-state index is -0.126. The van der Waals surface area contributed by atoms with Crippen LogP contribution >= 0.6 is 22.6 Å². The van der Waals surface area contributed by atoms with Gasteiger partial charge in [-0.2, -0.15) is 0 Å². The van der Waals surface area contributed by atoms with Gasteiger partial charge in [0.25, 0.3) is 0 Å². The van der Waals surface area contributed by atoms with E-state index in [2.05, 4.69) is 59.1 Å². The van der Waals surface area contributed by atoms with E-state index in [-0.39, 0.29) is 11.9 Å². The van der Waals surface area contributed by atoms with Gasteiger partial charge in [0.15, 0.2) is 0 Å². The van der Waals surface area contributed by atoms with Crippen LogP contribution in [0.15, 0.2) is 42.5 Å². The second kappa shape index (κ2) is 7.90. The van der Waals surface area contributed by atoms with Gasteiger partial charge in [-0.3, -0.25) is 0 Å². The average Bonchev–Trinajstić information content (AvgIpc) is 2.48. The Hall–Kier alpha value is -0.940. The van der Waals surface area contributed by atoms with Crippen molar-refractivity contribution in [2.75, 3.05) is 6.54 Å². The molecule has 0 saturated carbocycles. The summed E-state index contributed by atoms with van der Waals surface area (Å²) in [6.45, 7) is 4.88. The van der Waals surface area contributed by atoms with Crippen LogP contribution in [0.25, 0.3) is 0 Å². The van der Waals surface area contributed by atoms with E-state index >= 15 is 0 Å². The van der Waals surface area contributed by atoms with Gasteiger partial charge in [0, 0.05) is 9.61 Å². The van der Waals surface area contributed by atoms with E-state index in [0.29, 0.717) is 5.56 Å². The first kappa shape index (κ1) is 16.4. The molecule has 0 fully saturated rings. The quantitative estimate of drug-likeness (QED) is 0.675. The molecule has 0 radical (unpaired) electrons. The van der Waals surface area contributed by atoms with Gasteiger partial charge in [-0.1, -0.05) is 31.2 Å². The lowest BCUT2D eigenvalue weighted by molar-refractivity contribution is 0.523. The third-order valence-electron chi connectivity index (χ3n) is 3.59. The van der Waals surface area contributed by atoms with Crippen LogP contribution < -0.4 is 5.32 Å². The van der Waals surface area contributed by atoms with Crippen molar-refractivity contribution in [3.63, 3.8) is 0 Å². The van der Waals surface area contributed by atoms with E-state index in [1.165, 1.54) is 9.13 Å². The van der Waals surface area contributed by atoms with E-state index in [1.54, 1.807) is 13.0 Å². The highest BCUT2D eigenvalue weighted by Crippen LogP contribution is 2.21. The third kappa shape index (κ3) is 4.78. The predicted octanol–water partition coefficient (Wildman–Crippen LogP) is 5.02. The lowest BCUT2D eigenvalue weighted by atomic mass is 9.97. The second-order valence-corrected chi connectivity index (χ2v) is 6.59. The zero-order valence-electron chi connectivity index (χ0n) is 12.5. The van der Waals surface area contributed by atoms with Gasteiger partial charge in [0.2, 0.25) is 0 Å². The van der Waals surface area contributed by atoms with Crippen molar-refractivity contribution >= 4 is 22.6 Å². The lowest BCUT2D eigenvalue weighted by Crippen LogP contribution is -2.24. The molecular formula is C18H21FIN. The Morgan fingerprint density at radius 3 is 2.48 bits per heavy atom. The van der Waals surface area contributed by atoms with Crippen LogP contribution in [-0.2, 0) is 6.42 Å². The van der Waals surface area contributed by atoms with Crippen LogP contribution in [-0.4, -0.2) is 6.54 Å². The standard InChI is InChI=1S/C18H21FIN/c1-3-10-21-18(11-14-5-8-16(20)9-6-14)15-7-4-13(2)17(19)12-15/h4-9,12,18,21H,3,10-11H2,1-2H3. The van der Waals surface area contributed by atoms with Crippen molar-refractivity contribution in [1.82, 2.24) is 5.32 Å². The molecule has 1 unspecified atom stereocenters. The maximum Gasteiger partial charge on any atom is 0.126 e. The summed E-state index contributed by atoms with van der Waals surface area (Å²) < 4.78 is 15.1. The van der Waals surface area contributed by atoms with Crippen LogP contribution in [0.4, 0.5) is 4.39 Å². The first-order valence-corrected chi connectivity index (χ1v) is 8.42. The molecule has 0 aromatic heterocycles. The normalized spacial score (nSPS) is 12.4. The van der Waals surface area contributed by atoms with Crippen LogP contribution in [0.5, 0.6) is 0 Å². The fourth-order valence-corrected chi connectivity index (χ4v) is 2.67. The highest BCUT2D eigenvalue weighted by atomic mass is 127. The van der Waals surface area contributed by atoms with Crippen LogP contribution in [0.3, 0.4) is 0 Å². The number of aryl methyl sites for hydroxylation is 1. The van der Waals surface area contributed by atoms with Gasteiger partial charge in [0.05, 0.1) is 0 Å². The molecule has 0 saturated heterocycles. The van der Waals surface area contributed by atoms with Gasteiger partial charge in [0.1, 0.15) is 5.82 Å². The van der Waals surface area contributed by atoms with E-state index < -0.39 is 0 Å². The Morgan fingerprint density at radius 2 is 1.86 bits per heavy atom. The Labute approximate surface area is 140 Å². The van der Waals surface area contributed by atoms with E-state index in [9.17, 15) is 4.39 Å². The number of halogens is 2. The second-order valence-electron chi connectivity index (χ2n) is 5.35. The highest BCUT2D eigenvalue weighted by Gasteiger charge is 2.13. The molecule has 21 heavy (non-hydrogen) atoms. The van der Waals surface area contributed by atoms with Crippen LogP contribution in [0.1, 0.15) is 36.1 Å². The molecule has 1 N–H and O–H groups in total. The number of hydrogen-bond acceptors (Lipinski definition) is 1. The first-order chi connectivity index (χ1) is 10.1. The largest absolute Gasteiger partial charge is 0.310 e. The molecule has 1 nitrogen and oxygen atoms in total. The van der Waals surface area contributed by atoms with Gasteiger partial charge < -0.3 is 5.32 Å². The van der Waals surface area contributed by atoms with E-state index in [0.717, 1.165) is 24.9 Å². The van der Waals surface area contributed by atoms with Crippen LogP contribution in [0.2, 0.25) is 0 Å². The summed E-state index contributed by atoms with van der Waals surface area (Å²) >= 11 is 2.31. The summed E-state index contributed by atoms with van der Waals surface area (Å²) in [7, 11) is 0. The topological polar surface area (TPSA) is 12.0 Å². The Balaban J connectivity index is 2.20. The Morgan fingerprint density at radius 1 is 1.14 bits per heavy atom. The first-order valence-electron chi connectivity index (χ1n) is 7.34. The summed E-state index contributed by atoms with van der Waals surface area (Å²) in [6.07, 6.45) is 1.94. The fourth-order valence-electron chi connectivity index (χ4n) is 2.31. The molecule has 1 atom stereocenters. The molecule has 0 aliphatic heterocycles. The molecule has 112 valence electrons. The predicted molar refractivity (Wildman–Crippen MR) is 95.0 cm³/mol. The monoisotopic (exact) mass is 397 g/mol. The van der Waals surface area contributed by atoms with Crippen molar-refractivity contribution in [2.24, 2.45) is 0 Å². The molecule has 2 aromatic carbocycles. The molecule has 0 heterocycles. The summed E-state index contributed by atoms with van der Waals surface area (Å²) in [4.78, 5) is 0. The molecule has 0 aliphatic rings. The molecule has 0 amide bonds. The number of nitrogens with one attached hydrogen (secondary N) is 1. The highest BCUT2D eigenvalue weighted by molar-refractivity contribution is 14.1. The van der Waals surface area contributed by atoms with E-state index in [4.69, 9.17) is 0 Å². The maximum absolute atomic E-state index is 13.8. The van der Waals surface area contributed by atoms with Gasteiger partial charge in [-0.15, -0.1) is 0 Å². The Bertz CT molecular complexity index is 580. The van der Waals surface area contributed by atoms with Crippen molar-refractivity contribution in [3.8, 4) is 0 Å². The minimum absolute atomic E-state index is 0.126. The maximum atomic E-state index is 13.8. The van der Waals surface area contributed by atoms with Crippen molar-refractivity contribution in [3.05, 3.63) is 68.5 Å². The molecule has 3 heteroatoms. The van der Waals surface area contributed by atoms with Gasteiger partial charge in [-0.05, 0) is 83.8 Å². The molecule has 2 aromatic rings. The van der Waals surface area contributed by atoms with Crippen molar-refractivity contribution < 1.29 is 4.39 Å². The molecule has 0 spiro atoms. The van der Waals surface area contributed by atoms with Crippen molar-refractivity contribution in [1.29, 1.82) is 0 Å². The zero-order chi connectivity index (χ0) is 15.2. The molecule has 0 bridgehead atoms. The summed E-state index contributed by atoms with van der Waals surface area (Å²) in [5, 5.41) is 3.53. The number of benzene rings is 2. The molecule has 2 rings (SSSR count). The third-order valence-corrected chi connectivity index (χ3v) is 4.31. The number of rotatable bonds is 6. The summed E-state index contributed by atoms with van der Waals surface area (Å²) in [5.41, 5.74) is 2.98. The zero-order valence-corrected chi connectivity index (χ0v) is 14.7. The molecule has 0 aliphatic carbocycles. The van der Waals surface area contributed by atoms with E-state index in [1.807, 2.05) is 12.1 Å². The number of hydrogen-bond donors (Lipinski definition) is 1. The lowest BCUT2D eigenvalue weighted by Gasteiger charge is -2.20. The van der Waals surface area contributed by atoms with Crippen LogP contribution in [0, 0.1) is 16.3 Å². The summed E-state index contributed by atoms with van der Waals surface area (Å²) in [5.74, 6) is -0.126. The molecular weight excluding hydrogens is 376 g/mol.